The van der Waals surface area contributed by atoms with Gasteiger partial charge < -0.3 is 20.1 Å². The first kappa shape index (κ1) is 26.6. The number of hydrogen-bond donors (Lipinski definition) is 2. The van der Waals surface area contributed by atoms with Crippen molar-refractivity contribution in [1.82, 2.24) is 19.4 Å². The van der Waals surface area contributed by atoms with Crippen LogP contribution in [0.4, 0.5) is 17.3 Å². The van der Waals surface area contributed by atoms with Gasteiger partial charge in [0.1, 0.15) is 11.3 Å². The number of nitrogens with one attached hydrogen (secondary N) is 2. The number of anilines is 3. The Hall–Kier alpha value is -3.42. The van der Waals surface area contributed by atoms with E-state index in [1.165, 1.54) is 25.7 Å². The minimum absolute atomic E-state index is 0.0199. The fourth-order valence-electron chi connectivity index (χ4n) is 5.05. The van der Waals surface area contributed by atoms with Gasteiger partial charge in [-0.2, -0.15) is 4.98 Å². The summed E-state index contributed by atoms with van der Waals surface area (Å²) in [6.07, 6.45) is 13.8. The maximum absolute atomic E-state index is 12.9. The smallest absolute Gasteiger partial charge is 0.270 e. The lowest BCUT2D eigenvalue weighted by Crippen LogP contribution is -2.25. The number of benzene rings is 1. The highest BCUT2D eigenvalue weighted by molar-refractivity contribution is 5.98. The van der Waals surface area contributed by atoms with Gasteiger partial charge in [0.2, 0.25) is 11.9 Å². The zero-order chi connectivity index (χ0) is 26.2. The highest BCUT2D eigenvalue weighted by Gasteiger charge is 2.26. The van der Waals surface area contributed by atoms with Crippen molar-refractivity contribution in [3.63, 3.8) is 0 Å². The Bertz CT molecular complexity index is 1200. The minimum atomic E-state index is -0.0199. The van der Waals surface area contributed by atoms with Crippen LogP contribution in [0.3, 0.4) is 0 Å². The Kier molecular flexibility index (Phi) is 9.14. The lowest BCUT2D eigenvalue weighted by molar-refractivity contribution is -0.116. The van der Waals surface area contributed by atoms with E-state index in [1.807, 2.05) is 30.3 Å². The first-order valence-electron chi connectivity index (χ1n) is 13.7. The molecule has 4 rings (SSSR count). The summed E-state index contributed by atoms with van der Waals surface area (Å²) in [4.78, 5) is 36.1. The number of rotatable bonds is 12. The topological polar surface area (TPSA) is 92.1 Å². The number of carbonyl (C=O) groups excluding carboxylic acids is 2. The molecular formula is C29H40N6O2. The molecule has 2 heterocycles. The summed E-state index contributed by atoms with van der Waals surface area (Å²) in [6, 6.07) is 9.76. The van der Waals surface area contributed by atoms with Crippen LogP contribution in [0.2, 0.25) is 0 Å². The molecule has 3 aromatic rings. The van der Waals surface area contributed by atoms with Crippen molar-refractivity contribution in [2.75, 3.05) is 24.7 Å². The predicted molar refractivity (Wildman–Crippen MR) is 149 cm³/mol. The quantitative estimate of drug-likeness (QED) is 0.268. The Balaban J connectivity index is 1.41. The molecule has 8 nitrogen and oxygen atoms in total. The number of carbonyl (C=O) groups is 2. The molecule has 1 saturated carbocycles. The lowest BCUT2D eigenvalue weighted by atomic mass is 10.1. The number of fused-ring (bicyclic) bond motifs is 1. The average molecular weight is 505 g/mol. The fraction of sp³-hybridized carbons (Fsp3) is 0.517. The number of aromatic nitrogens is 3. The first-order valence-corrected chi connectivity index (χ1v) is 13.7. The molecule has 0 atom stereocenters. The number of unbranched alkanes of at least 4 members (excludes halogenated alkanes) is 5. The van der Waals surface area contributed by atoms with Crippen LogP contribution in [0.5, 0.6) is 0 Å². The summed E-state index contributed by atoms with van der Waals surface area (Å²) in [5, 5.41) is 7.12. The molecule has 8 heteroatoms. The third-order valence-corrected chi connectivity index (χ3v) is 7.07. The maximum Gasteiger partial charge on any atom is 0.270 e. The van der Waals surface area contributed by atoms with Gasteiger partial charge in [0.05, 0.1) is 0 Å². The molecule has 0 spiro atoms. The minimum Gasteiger partial charge on any atom is -0.343 e. The zero-order valence-corrected chi connectivity index (χ0v) is 22.4. The van der Waals surface area contributed by atoms with Gasteiger partial charge in [0.25, 0.3) is 5.91 Å². The summed E-state index contributed by atoms with van der Waals surface area (Å²) in [5.41, 5.74) is 3.06. The SMILES string of the molecule is CCCCCCCCC(=O)Nc1ccc(Nc2ncc3cc(C(=O)N(C)C)n(C4CCCC4)c3n2)cc1. The Morgan fingerprint density at radius 2 is 1.68 bits per heavy atom. The second-order valence-corrected chi connectivity index (χ2v) is 10.3. The molecule has 0 bridgehead atoms. The highest BCUT2D eigenvalue weighted by atomic mass is 16.2. The van der Waals surface area contributed by atoms with Crippen LogP contribution < -0.4 is 10.6 Å². The molecule has 2 amide bonds. The monoisotopic (exact) mass is 504 g/mol. The second-order valence-electron chi connectivity index (χ2n) is 10.3. The van der Waals surface area contributed by atoms with Crippen LogP contribution in [0, 0.1) is 0 Å². The molecule has 2 aromatic heterocycles. The van der Waals surface area contributed by atoms with Crippen LogP contribution in [0.25, 0.3) is 11.0 Å². The molecule has 1 aliphatic rings. The van der Waals surface area contributed by atoms with E-state index in [2.05, 4.69) is 27.1 Å². The van der Waals surface area contributed by atoms with Crippen LogP contribution in [0.1, 0.15) is 94.1 Å². The van der Waals surface area contributed by atoms with Gasteiger partial charge in [-0.25, -0.2) is 4.98 Å². The van der Waals surface area contributed by atoms with E-state index in [4.69, 9.17) is 4.98 Å². The van der Waals surface area contributed by atoms with E-state index < -0.39 is 0 Å². The first-order chi connectivity index (χ1) is 18.0. The molecule has 2 N–H and O–H groups in total. The number of hydrogen-bond acceptors (Lipinski definition) is 5. The molecule has 37 heavy (non-hydrogen) atoms. The van der Waals surface area contributed by atoms with E-state index in [1.54, 1.807) is 25.2 Å². The van der Waals surface area contributed by atoms with Crippen molar-refractivity contribution >= 4 is 40.2 Å². The van der Waals surface area contributed by atoms with E-state index in [0.29, 0.717) is 18.1 Å². The molecule has 1 fully saturated rings. The molecule has 1 aliphatic carbocycles. The van der Waals surface area contributed by atoms with E-state index in [-0.39, 0.29) is 17.9 Å². The Labute approximate surface area is 219 Å². The van der Waals surface area contributed by atoms with Crippen molar-refractivity contribution in [3.8, 4) is 0 Å². The van der Waals surface area contributed by atoms with Crippen molar-refractivity contribution in [2.24, 2.45) is 0 Å². The van der Waals surface area contributed by atoms with Gasteiger partial charge in [-0.3, -0.25) is 9.59 Å². The second kappa shape index (κ2) is 12.7. The van der Waals surface area contributed by atoms with Gasteiger partial charge in [-0.05, 0) is 49.6 Å². The lowest BCUT2D eigenvalue weighted by Gasteiger charge is -2.19. The summed E-state index contributed by atoms with van der Waals surface area (Å²) < 4.78 is 2.11. The van der Waals surface area contributed by atoms with E-state index in [9.17, 15) is 9.59 Å². The molecule has 0 aliphatic heterocycles. The van der Waals surface area contributed by atoms with Crippen LogP contribution >= 0.6 is 0 Å². The predicted octanol–water partition coefficient (Wildman–Crippen LogP) is 6.68. The molecule has 0 saturated heterocycles. The van der Waals surface area contributed by atoms with Gasteiger partial charge in [-0.1, -0.05) is 51.9 Å². The summed E-state index contributed by atoms with van der Waals surface area (Å²) >= 11 is 0. The molecular weight excluding hydrogens is 464 g/mol. The molecule has 198 valence electrons. The number of nitrogens with zero attached hydrogens (tertiary/aromatic N) is 4. The van der Waals surface area contributed by atoms with Crippen LogP contribution in [0.15, 0.2) is 36.5 Å². The van der Waals surface area contributed by atoms with Gasteiger partial charge >= 0.3 is 0 Å². The van der Waals surface area contributed by atoms with Gasteiger partial charge in [0, 0.05) is 49.5 Å². The maximum atomic E-state index is 12.9. The van der Waals surface area contributed by atoms with Crippen LogP contribution in [-0.2, 0) is 4.79 Å². The third kappa shape index (κ3) is 6.87. The summed E-state index contributed by atoms with van der Waals surface area (Å²) in [5.74, 6) is 0.517. The summed E-state index contributed by atoms with van der Waals surface area (Å²) in [7, 11) is 3.55. The average Bonchev–Trinajstić information content (AvgIpc) is 3.54. The molecule has 0 unspecified atom stereocenters. The van der Waals surface area contributed by atoms with Crippen molar-refractivity contribution in [3.05, 3.63) is 42.2 Å². The normalized spacial score (nSPS) is 13.7. The van der Waals surface area contributed by atoms with Crippen molar-refractivity contribution in [2.45, 2.75) is 83.6 Å². The fourth-order valence-corrected chi connectivity index (χ4v) is 5.05. The molecule has 0 radical (unpaired) electrons. The van der Waals surface area contributed by atoms with Crippen molar-refractivity contribution < 1.29 is 9.59 Å². The van der Waals surface area contributed by atoms with Crippen molar-refractivity contribution in [1.29, 1.82) is 0 Å². The Morgan fingerprint density at radius 1 is 1.00 bits per heavy atom. The zero-order valence-electron chi connectivity index (χ0n) is 22.4. The van der Waals surface area contributed by atoms with E-state index in [0.717, 1.165) is 60.9 Å². The van der Waals surface area contributed by atoms with Gasteiger partial charge in [-0.15, -0.1) is 0 Å². The summed E-state index contributed by atoms with van der Waals surface area (Å²) in [6.45, 7) is 2.21. The standard InChI is InChI=1S/C29H40N6O2/c1-4-5-6-7-8-9-14-26(36)31-22-15-17-23(18-16-22)32-29-30-20-21-19-25(28(37)34(2)3)35(27(21)33-29)24-12-10-11-13-24/h15-20,24H,4-14H2,1-3H3,(H,31,36)(H,30,32,33). The highest BCUT2D eigenvalue weighted by Crippen LogP contribution is 2.35. The number of amides is 2. The van der Waals surface area contributed by atoms with Gasteiger partial charge in [0.15, 0.2) is 0 Å². The largest absolute Gasteiger partial charge is 0.343 e. The van der Waals surface area contributed by atoms with Crippen LogP contribution in [-0.4, -0.2) is 45.3 Å². The Morgan fingerprint density at radius 3 is 2.38 bits per heavy atom. The third-order valence-electron chi connectivity index (χ3n) is 7.07. The molecule has 1 aromatic carbocycles. The van der Waals surface area contributed by atoms with E-state index >= 15 is 0 Å².